The van der Waals surface area contributed by atoms with Crippen LogP contribution in [0.15, 0.2) is 84.5 Å². The van der Waals surface area contributed by atoms with Crippen LogP contribution in [0.1, 0.15) is 31.2 Å². The Hall–Kier alpha value is -3.95. The Morgan fingerprint density at radius 1 is 1.07 bits per heavy atom. The molecule has 7 nitrogen and oxygen atoms in total. The van der Waals surface area contributed by atoms with Gasteiger partial charge in [-0.05, 0) is 98.8 Å². The summed E-state index contributed by atoms with van der Waals surface area (Å²) in [4.78, 5) is 17.5. The fraction of sp³-hybridized carbons (Fsp3) is 0.250. The van der Waals surface area contributed by atoms with Crippen LogP contribution in [0.5, 0.6) is 5.75 Å². The molecule has 208 valence electrons. The maximum Gasteiger partial charge on any atom is 0.234 e. The number of carbonyl (C=O) groups is 1. The van der Waals surface area contributed by atoms with Crippen LogP contribution in [-0.2, 0) is 11.3 Å². The van der Waals surface area contributed by atoms with Gasteiger partial charge in [0.25, 0.3) is 0 Å². The molecule has 2 heterocycles. The van der Waals surface area contributed by atoms with Gasteiger partial charge in [-0.25, -0.2) is 4.98 Å². The van der Waals surface area contributed by atoms with E-state index in [4.69, 9.17) is 9.72 Å². The van der Waals surface area contributed by atoms with Gasteiger partial charge in [0.05, 0.1) is 22.1 Å². The van der Waals surface area contributed by atoms with Gasteiger partial charge in [0.15, 0.2) is 11.0 Å². The van der Waals surface area contributed by atoms with E-state index in [0.717, 1.165) is 51.8 Å². The van der Waals surface area contributed by atoms with E-state index < -0.39 is 0 Å². The number of carbonyl (C=O) groups excluding carboxylic acids is 1. The summed E-state index contributed by atoms with van der Waals surface area (Å²) in [5, 5.41) is 13.4. The number of thioether (sulfide) groups is 1. The number of nitrogens with zero attached hydrogens (tertiary/aromatic N) is 4. The van der Waals surface area contributed by atoms with E-state index in [9.17, 15) is 4.79 Å². The van der Waals surface area contributed by atoms with Crippen LogP contribution in [0.2, 0.25) is 0 Å². The zero-order valence-electron chi connectivity index (χ0n) is 22.9. The number of ether oxygens (including phenoxy) is 1. The van der Waals surface area contributed by atoms with Crippen LogP contribution in [0, 0.1) is 6.92 Å². The first kappa shape index (κ1) is 27.2. The summed E-state index contributed by atoms with van der Waals surface area (Å²) in [5.41, 5.74) is 4.94. The maximum absolute atomic E-state index is 12.8. The van der Waals surface area contributed by atoms with Gasteiger partial charge in [-0.15, -0.1) is 28.1 Å². The number of aromatic nitrogens is 4. The zero-order chi connectivity index (χ0) is 28.2. The largest absolute Gasteiger partial charge is 0.490 e. The van der Waals surface area contributed by atoms with Gasteiger partial charge in [-0.2, -0.15) is 0 Å². The normalized spacial score (nSPS) is 13.5. The topological polar surface area (TPSA) is 81.9 Å². The second kappa shape index (κ2) is 12.3. The van der Waals surface area contributed by atoms with Crippen molar-refractivity contribution in [2.45, 2.75) is 50.4 Å². The zero-order valence-corrected chi connectivity index (χ0v) is 24.5. The summed E-state index contributed by atoms with van der Waals surface area (Å²) < 4.78 is 9.25. The maximum atomic E-state index is 12.8. The van der Waals surface area contributed by atoms with Crippen LogP contribution >= 0.6 is 23.1 Å². The number of aryl methyl sites for hydroxylation is 1. The first-order valence-corrected chi connectivity index (χ1v) is 15.6. The van der Waals surface area contributed by atoms with Crippen LogP contribution in [0.4, 0.5) is 5.69 Å². The van der Waals surface area contributed by atoms with Crippen molar-refractivity contribution in [1.82, 2.24) is 19.7 Å². The highest BCUT2D eigenvalue weighted by Gasteiger charge is 2.18. The van der Waals surface area contributed by atoms with Crippen LogP contribution < -0.4 is 10.1 Å². The van der Waals surface area contributed by atoms with E-state index in [1.54, 1.807) is 11.3 Å². The first-order valence-electron chi connectivity index (χ1n) is 13.8. The van der Waals surface area contributed by atoms with Crippen LogP contribution in [0.3, 0.4) is 0 Å². The molecule has 1 aliphatic carbocycles. The monoisotopic (exact) mass is 581 g/mol. The van der Waals surface area contributed by atoms with Gasteiger partial charge in [0.2, 0.25) is 5.91 Å². The van der Waals surface area contributed by atoms with E-state index >= 15 is 0 Å². The molecule has 0 bridgehead atoms. The lowest BCUT2D eigenvalue weighted by atomic mass is 10.2. The lowest BCUT2D eigenvalue weighted by molar-refractivity contribution is -0.113. The lowest BCUT2D eigenvalue weighted by Crippen LogP contribution is -2.14. The number of allylic oxidation sites excluding steroid dienone is 1. The Morgan fingerprint density at radius 2 is 1.83 bits per heavy atom. The van der Waals surface area contributed by atoms with Crippen molar-refractivity contribution in [1.29, 1.82) is 0 Å². The Morgan fingerprint density at radius 3 is 2.59 bits per heavy atom. The minimum absolute atomic E-state index is 0.110. The summed E-state index contributed by atoms with van der Waals surface area (Å²) in [6.45, 7) is 6.52. The summed E-state index contributed by atoms with van der Waals surface area (Å²) in [6.07, 6.45) is 6.85. The minimum Gasteiger partial charge on any atom is -0.490 e. The smallest absolute Gasteiger partial charge is 0.234 e. The fourth-order valence-electron chi connectivity index (χ4n) is 4.96. The highest BCUT2D eigenvalue weighted by molar-refractivity contribution is 7.99. The number of fused-ring (bicyclic) bond motifs is 1. The average molecular weight is 582 g/mol. The van der Waals surface area contributed by atoms with Crippen LogP contribution in [0.25, 0.3) is 32.2 Å². The van der Waals surface area contributed by atoms with Gasteiger partial charge in [-0.3, -0.25) is 9.36 Å². The molecule has 1 fully saturated rings. The molecule has 9 heteroatoms. The highest BCUT2D eigenvalue weighted by Crippen LogP contribution is 2.32. The molecule has 1 saturated carbocycles. The molecular formula is C32H31N5O2S2. The Labute approximate surface area is 247 Å². The SMILES string of the molecule is C=CCn1c(SCC(=O)Nc2ccc(-c3nc4ccc(C)cc4s3)cc2)nnc1-c1ccc(OC2CCCC2)cc1. The molecule has 5 aromatic rings. The van der Waals surface area contributed by atoms with Gasteiger partial charge in [0.1, 0.15) is 10.8 Å². The molecule has 1 amide bonds. The second-order valence-corrected chi connectivity index (χ2v) is 12.1. The molecular weight excluding hydrogens is 551 g/mol. The predicted octanol–water partition coefficient (Wildman–Crippen LogP) is 7.77. The van der Waals surface area contributed by atoms with E-state index in [1.807, 2.05) is 59.2 Å². The molecule has 0 saturated heterocycles. The van der Waals surface area contributed by atoms with Crippen molar-refractivity contribution in [3.8, 4) is 27.7 Å². The second-order valence-electron chi connectivity index (χ2n) is 10.2. The molecule has 1 aliphatic rings. The Bertz CT molecular complexity index is 1670. The highest BCUT2D eigenvalue weighted by atomic mass is 32.2. The summed E-state index contributed by atoms with van der Waals surface area (Å²) >= 11 is 3.03. The van der Waals surface area contributed by atoms with Crippen molar-refractivity contribution in [3.63, 3.8) is 0 Å². The molecule has 1 N–H and O–H groups in total. The van der Waals surface area contributed by atoms with Crippen molar-refractivity contribution in [2.24, 2.45) is 0 Å². The van der Waals surface area contributed by atoms with Crippen LogP contribution in [-0.4, -0.2) is 37.5 Å². The lowest BCUT2D eigenvalue weighted by Gasteiger charge is -2.13. The number of hydrogen-bond acceptors (Lipinski definition) is 7. The number of benzene rings is 3. The number of thiazole rings is 1. The van der Waals surface area contributed by atoms with Crippen molar-refractivity contribution in [3.05, 3.63) is 84.9 Å². The first-order chi connectivity index (χ1) is 20.1. The number of rotatable bonds is 10. The molecule has 0 unspecified atom stereocenters. The van der Waals surface area contributed by atoms with E-state index in [1.165, 1.54) is 34.9 Å². The molecule has 0 spiro atoms. The van der Waals surface area contributed by atoms with Gasteiger partial charge in [-0.1, -0.05) is 23.9 Å². The van der Waals surface area contributed by atoms with Gasteiger partial charge in [0, 0.05) is 23.4 Å². The number of nitrogens with one attached hydrogen (secondary N) is 1. The van der Waals surface area contributed by atoms with Crippen molar-refractivity contribution >= 4 is 44.9 Å². The standard InChI is InChI=1S/C32H31N5O2S2/c1-3-18-37-30(22-11-15-26(16-12-22)39-25-6-4-5-7-25)35-36-32(37)40-20-29(38)33-24-13-9-23(10-14-24)31-34-27-17-8-21(2)19-28(27)41-31/h3,8-17,19,25H,1,4-7,18,20H2,2H3,(H,33,38). The van der Waals surface area contributed by atoms with Gasteiger partial charge >= 0.3 is 0 Å². The fourth-order valence-corrected chi connectivity index (χ4v) is 6.78. The molecule has 0 radical (unpaired) electrons. The summed E-state index contributed by atoms with van der Waals surface area (Å²) in [6, 6.07) is 22.1. The van der Waals surface area contributed by atoms with E-state index in [2.05, 4.69) is 47.2 Å². The third-order valence-electron chi connectivity index (χ3n) is 7.04. The minimum atomic E-state index is -0.110. The quantitative estimate of drug-likeness (QED) is 0.134. The predicted molar refractivity (Wildman–Crippen MR) is 168 cm³/mol. The van der Waals surface area contributed by atoms with Crippen molar-refractivity contribution in [2.75, 3.05) is 11.1 Å². The molecule has 0 aliphatic heterocycles. The number of hydrogen-bond donors (Lipinski definition) is 1. The third-order valence-corrected chi connectivity index (χ3v) is 9.07. The number of amides is 1. The summed E-state index contributed by atoms with van der Waals surface area (Å²) in [7, 11) is 0. The van der Waals surface area contributed by atoms with E-state index in [-0.39, 0.29) is 11.7 Å². The Balaban J connectivity index is 1.08. The number of anilines is 1. The molecule has 2 aromatic heterocycles. The molecule has 3 aromatic carbocycles. The van der Waals surface area contributed by atoms with E-state index in [0.29, 0.717) is 17.8 Å². The third kappa shape index (κ3) is 6.36. The van der Waals surface area contributed by atoms with Crippen molar-refractivity contribution < 1.29 is 9.53 Å². The molecule has 41 heavy (non-hydrogen) atoms. The molecule has 0 atom stereocenters. The average Bonchev–Trinajstić information content (AvgIpc) is 3.73. The molecule has 6 rings (SSSR count). The Kier molecular flexibility index (Phi) is 8.16. The van der Waals surface area contributed by atoms with Gasteiger partial charge < -0.3 is 10.1 Å². The summed E-state index contributed by atoms with van der Waals surface area (Å²) in [5.74, 6) is 1.72.